The van der Waals surface area contributed by atoms with Crippen LogP contribution in [-0.2, 0) is 12.0 Å². The Hall–Kier alpha value is -2.37. The maximum atomic E-state index is 4.90. The zero-order valence-corrected chi connectivity index (χ0v) is 15.7. The van der Waals surface area contributed by atoms with Crippen LogP contribution >= 0.6 is 0 Å². The Morgan fingerprint density at radius 2 is 1.88 bits per heavy atom. The van der Waals surface area contributed by atoms with Crippen LogP contribution in [0.25, 0.3) is 0 Å². The van der Waals surface area contributed by atoms with Crippen molar-refractivity contribution in [1.82, 2.24) is 25.4 Å². The second-order valence-electron chi connectivity index (χ2n) is 7.03. The average Bonchev–Trinajstić information content (AvgIpc) is 3.15. The molecule has 26 heavy (non-hydrogen) atoms. The summed E-state index contributed by atoms with van der Waals surface area (Å²) >= 11 is 0. The molecule has 0 amide bonds. The number of aryl methyl sites for hydroxylation is 1. The molecule has 1 aromatic carbocycles. The van der Waals surface area contributed by atoms with Gasteiger partial charge < -0.3 is 15.2 Å². The minimum Gasteiger partial charge on any atom is -0.357 e. The lowest BCUT2D eigenvalue weighted by molar-refractivity contribution is 0.253. The van der Waals surface area contributed by atoms with Gasteiger partial charge in [-0.1, -0.05) is 36.8 Å². The molecule has 2 aromatic rings. The first kappa shape index (κ1) is 18.4. The van der Waals surface area contributed by atoms with E-state index in [0.717, 1.165) is 45.0 Å². The fourth-order valence-corrected chi connectivity index (χ4v) is 3.47. The van der Waals surface area contributed by atoms with Gasteiger partial charge in [-0.3, -0.25) is 4.99 Å². The first-order chi connectivity index (χ1) is 12.8. The maximum absolute atomic E-state index is 4.90. The van der Waals surface area contributed by atoms with Gasteiger partial charge in [0, 0.05) is 25.0 Å². The van der Waals surface area contributed by atoms with Crippen LogP contribution in [0, 0.1) is 0 Å². The van der Waals surface area contributed by atoms with E-state index in [4.69, 9.17) is 4.99 Å². The quantitative estimate of drug-likeness (QED) is 0.413. The summed E-state index contributed by atoms with van der Waals surface area (Å²) in [5.74, 6) is 0.930. The predicted octanol–water partition coefficient (Wildman–Crippen LogP) is 2.74. The van der Waals surface area contributed by atoms with Gasteiger partial charge in [0.2, 0.25) is 0 Å². The van der Waals surface area contributed by atoms with Crippen LogP contribution in [0.5, 0.6) is 0 Å². The van der Waals surface area contributed by atoms with E-state index < -0.39 is 0 Å². The number of hydrogen-bond donors (Lipinski definition) is 2. The smallest absolute Gasteiger partial charge is 0.191 e. The molecule has 0 radical (unpaired) electrons. The number of unbranched alkanes of at least 4 members (excludes halogenated alkanes) is 1. The van der Waals surface area contributed by atoms with Gasteiger partial charge in [-0.2, -0.15) is 0 Å². The zero-order chi connectivity index (χ0) is 18.1. The molecule has 0 spiro atoms. The fraction of sp³-hybridized carbons (Fsp3) is 0.550. The fourth-order valence-electron chi connectivity index (χ4n) is 3.47. The normalized spacial score (nSPS) is 16.1. The summed E-state index contributed by atoms with van der Waals surface area (Å²) in [4.78, 5) is 4.90. The van der Waals surface area contributed by atoms with E-state index in [-0.39, 0.29) is 5.41 Å². The number of nitrogens with one attached hydrogen (secondary N) is 2. The largest absolute Gasteiger partial charge is 0.357 e. The summed E-state index contributed by atoms with van der Waals surface area (Å²) in [6.45, 7) is 5.73. The Kier molecular flexibility index (Phi) is 6.63. The molecule has 6 nitrogen and oxygen atoms in total. The first-order valence-corrected chi connectivity index (χ1v) is 9.72. The Balaban J connectivity index is 1.48. The van der Waals surface area contributed by atoms with Crippen molar-refractivity contribution in [3.8, 4) is 0 Å². The highest BCUT2D eigenvalue weighted by Gasteiger charge is 2.38. The van der Waals surface area contributed by atoms with Gasteiger partial charge in [-0.05, 0) is 38.2 Å². The highest BCUT2D eigenvalue weighted by atomic mass is 15.2. The number of aromatic nitrogens is 3. The lowest BCUT2D eigenvalue weighted by Crippen LogP contribution is -2.42. The minimum atomic E-state index is 0.234. The summed E-state index contributed by atoms with van der Waals surface area (Å²) < 4.78 is 2.01. The lowest BCUT2D eigenvalue weighted by Gasteiger charge is -2.41. The number of guanidine groups is 1. The topological polar surface area (TPSA) is 67.1 Å². The Labute approximate surface area is 156 Å². The van der Waals surface area contributed by atoms with Crippen LogP contribution in [-0.4, -0.2) is 40.4 Å². The highest BCUT2D eigenvalue weighted by molar-refractivity contribution is 5.79. The summed E-state index contributed by atoms with van der Waals surface area (Å²) in [7, 11) is 0. The number of benzene rings is 1. The van der Waals surface area contributed by atoms with Crippen molar-refractivity contribution >= 4 is 5.96 Å². The number of rotatable bonds is 9. The molecule has 1 saturated carbocycles. The van der Waals surface area contributed by atoms with Crippen molar-refractivity contribution in [1.29, 1.82) is 0 Å². The van der Waals surface area contributed by atoms with Crippen molar-refractivity contribution in [2.24, 2.45) is 4.99 Å². The molecular weight excluding hydrogens is 324 g/mol. The average molecular weight is 355 g/mol. The lowest BCUT2D eigenvalue weighted by atomic mass is 9.64. The van der Waals surface area contributed by atoms with Gasteiger partial charge in [0.1, 0.15) is 12.7 Å². The van der Waals surface area contributed by atoms with Crippen molar-refractivity contribution in [2.45, 2.75) is 51.0 Å². The SMILES string of the molecule is CCNC(=NCC1(c2ccccc2)CCC1)NCCCCn1cnnc1. The molecule has 0 bridgehead atoms. The van der Waals surface area contributed by atoms with E-state index in [0.29, 0.717) is 0 Å². The third kappa shape index (κ3) is 4.84. The first-order valence-electron chi connectivity index (χ1n) is 9.72. The summed E-state index contributed by atoms with van der Waals surface area (Å²) in [6.07, 6.45) is 9.49. The van der Waals surface area contributed by atoms with Crippen LogP contribution < -0.4 is 10.6 Å². The molecule has 6 heteroatoms. The van der Waals surface area contributed by atoms with Gasteiger partial charge in [0.05, 0.1) is 6.54 Å². The molecule has 0 unspecified atom stereocenters. The third-order valence-electron chi connectivity index (χ3n) is 5.18. The van der Waals surface area contributed by atoms with E-state index in [1.54, 1.807) is 12.7 Å². The van der Waals surface area contributed by atoms with Crippen LogP contribution in [0.4, 0.5) is 0 Å². The van der Waals surface area contributed by atoms with Crippen molar-refractivity contribution in [3.05, 3.63) is 48.5 Å². The highest BCUT2D eigenvalue weighted by Crippen LogP contribution is 2.43. The molecule has 3 rings (SSSR count). The monoisotopic (exact) mass is 354 g/mol. The molecule has 0 saturated heterocycles. The minimum absolute atomic E-state index is 0.234. The Morgan fingerprint density at radius 1 is 1.12 bits per heavy atom. The van der Waals surface area contributed by atoms with Crippen LogP contribution in [0.15, 0.2) is 48.0 Å². The standard InChI is InChI=1S/C20H30N6/c1-2-21-19(22-13-6-7-14-26-16-24-25-17-26)23-15-20(11-8-12-20)18-9-4-3-5-10-18/h3-5,9-10,16-17H,2,6-8,11-15H2,1H3,(H2,21,22,23). The van der Waals surface area contributed by atoms with Crippen molar-refractivity contribution in [2.75, 3.05) is 19.6 Å². The van der Waals surface area contributed by atoms with Crippen molar-refractivity contribution < 1.29 is 0 Å². The van der Waals surface area contributed by atoms with Crippen molar-refractivity contribution in [3.63, 3.8) is 0 Å². The molecule has 1 heterocycles. The maximum Gasteiger partial charge on any atom is 0.191 e. The van der Waals surface area contributed by atoms with Crippen LogP contribution in [0.3, 0.4) is 0 Å². The van der Waals surface area contributed by atoms with E-state index >= 15 is 0 Å². The molecule has 2 N–H and O–H groups in total. The zero-order valence-electron chi connectivity index (χ0n) is 15.7. The second kappa shape index (κ2) is 9.36. The molecule has 1 aromatic heterocycles. The van der Waals surface area contributed by atoms with Gasteiger partial charge in [0.15, 0.2) is 5.96 Å². The molecule has 0 aliphatic heterocycles. The molecule has 1 aliphatic rings. The number of hydrogen-bond acceptors (Lipinski definition) is 3. The van der Waals surface area contributed by atoms with Gasteiger partial charge in [0.25, 0.3) is 0 Å². The summed E-state index contributed by atoms with van der Waals surface area (Å²) in [6, 6.07) is 10.9. The molecule has 140 valence electrons. The molecule has 1 aliphatic carbocycles. The van der Waals surface area contributed by atoms with E-state index in [2.05, 4.69) is 58.1 Å². The van der Waals surface area contributed by atoms with E-state index in [1.807, 2.05) is 4.57 Å². The van der Waals surface area contributed by atoms with Gasteiger partial charge in [-0.25, -0.2) is 0 Å². The van der Waals surface area contributed by atoms with Crippen LogP contribution in [0.2, 0.25) is 0 Å². The molecule has 1 fully saturated rings. The van der Waals surface area contributed by atoms with Crippen LogP contribution in [0.1, 0.15) is 44.6 Å². The second-order valence-corrected chi connectivity index (χ2v) is 7.03. The number of nitrogens with zero attached hydrogens (tertiary/aromatic N) is 4. The van der Waals surface area contributed by atoms with Gasteiger partial charge >= 0.3 is 0 Å². The summed E-state index contributed by atoms with van der Waals surface area (Å²) in [5, 5.41) is 14.5. The van der Waals surface area contributed by atoms with Gasteiger partial charge in [-0.15, -0.1) is 10.2 Å². The van der Waals surface area contributed by atoms with E-state index in [9.17, 15) is 0 Å². The predicted molar refractivity (Wildman–Crippen MR) is 105 cm³/mol. The molecular formula is C20H30N6. The molecule has 0 atom stereocenters. The Morgan fingerprint density at radius 3 is 2.54 bits per heavy atom. The van der Waals surface area contributed by atoms with E-state index in [1.165, 1.54) is 24.8 Å². The Bertz CT molecular complexity index is 661. The summed E-state index contributed by atoms with van der Waals surface area (Å²) in [5.41, 5.74) is 1.66. The number of aliphatic imine (C=N–C) groups is 1. The third-order valence-corrected chi connectivity index (χ3v) is 5.18.